The molecule has 0 fully saturated rings. The van der Waals surface area contributed by atoms with Crippen LogP contribution >= 0.6 is 11.6 Å². The molecule has 0 aliphatic carbocycles. The number of pyridine rings is 1. The molecule has 0 radical (unpaired) electrons. The van der Waals surface area contributed by atoms with E-state index in [1.54, 1.807) is 0 Å². The number of aromatic hydroxyl groups is 2. The first kappa shape index (κ1) is 15.5. The minimum absolute atomic E-state index is 0.0386. The average Bonchev–Trinajstić information content (AvgIpc) is 3.02. The normalized spacial score (nSPS) is 10.7. The second-order valence-electron chi connectivity index (χ2n) is 4.61. The molecule has 3 aromatic rings. The number of nitrogens with zero attached hydrogens (tertiary/aromatic N) is 4. The largest absolute Gasteiger partial charge is 0.618 e. The molecule has 0 aliphatic rings. The topological polar surface area (TPSA) is 149 Å². The van der Waals surface area contributed by atoms with E-state index in [1.807, 2.05) is 0 Å². The molecule has 2 N–H and O–H groups in total. The quantitative estimate of drug-likeness (QED) is 0.182. The highest BCUT2D eigenvalue weighted by Crippen LogP contribution is 2.39. The summed E-state index contributed by atoms with van der Waals surface area (Å²) >= 11 is 5.71. The van der Waals surface area contributed by atoms with Crippen LogP contribution in [0.5, 0.6) is 11.5 Å². The highest BCUT2D eigenvalue weighted by Gasteiger charge is 2.22. The van der Waals surface area contributed by atoms with Gasteiger partial charge in [0.1, 0.15) is 0 Å². The molecule has 11 heteroatoms. The minimum atomic E-state index is -0.863. The summed E-state index contributed by atoms with van der Waals surface area (Å²) in [5, 5.41) is 44.7. The summed E-state index contributed by atoms with van der Waals surface area (Å²) < 4.78 is 5.44. The fraction of sp³-hybridized carbons (Fsp3) is 0. The zero-order valence-corrected chi connectivity index (χ0v) is 12.3. The number of phenols is 2. The van der Waals surface area contributed by atoms with E-state index in [9.17, 15) is 25.5 Å². The monoisotopic (exact) mass is 350 g/mol. The lowest BCUT2D eigenvalue weighted by atomic mass is 10.1. The maximum atomic E-state index is 11.2. The molecule has 10 nitrogen and oxygen atoms in total. The third-order valence-electron chi connectivity index (χ3n) is 3.07. The summed E-state index contributed by atoms with van der Waals surface area (Å²) in [7, 11) is 0. The van der Waals surface area contributed by atoms with E-state index in [0.717, 1.165) is 18.3 Å². The van der Waals surface area contributed by atoms with Gasteiger partial charge in [0.05, 0.1) is 10.5 Å². The highest BCUT2D eigenvalue weighted by atomic mass is 35.5. The number of phenolic OH excluding ortho intramolecular Hbond substituents is 2. The molecule has 122 valence electrons. The Kier molecular flexibility index (Phi) is 3.66. The van der Waals surface area contributed by atoms with Crippen molar-refractivity contribution in [3.05, 3.63) is 50.9 Å². The van der Waals surface area contributed by atoms with Gasteiger partial charge in [-0.2, -0.15) is 9.71 Å². The van der Waals surface area contributed by atoms with Gasteiger partial charge in [-0.3, -0.25) is 10.1 Å². The summed E-state index contributed by atoms with van der Waals surface area (Å²) in [6.07, 6.45) is 1.16. The average molecular weight is 351 g/mol. The van der Waals surface area contributed by atoms with Crippen LogP contribution in [0.25, 0.3) is 22.8 Å². The molecule has 0 spiro atoms. The molecule has 0 saturated heterocycles. The number of halogens is 1. The van der Waals surface area contributed by atoms with Crippen molar-refractivity contribution in [2.75, 3.05) is 0 Å². The van der Waals surface area contributed by atoms with Crippen molar-refractivity contribution >= 4 is 17.3 Å². The number of hydrogen-bond acceptors (Lipinski definition) is 8. The zero-order valence-electron chi connectivity index (χ0n) is 11.6. The van der Waals surface area contributed by atoms with E-state index in [0.29, 0.717) is 10.3 Å². The van der Waals surface area contributed by atoms with E-state index in [1.165, 1.54) is 12.1 Å². The number of aromatic nitrogens is 3. The van der Waals surface area contributed by atoms with Crippen LogP contribution in [0, 0.1) is 15.3 Å². The van der Waals surface area contributed by atoms with E-state index < -0.39 is 22.1 Å². The van der Waals surface area contributed by atoms with Crippen molar-refractivity contribution in [1.82, 2.24) is 10.1 Å². The standard InChI is InChI=1S/C13H7ClN4O6/c14-10-5-6(1-2-17(10)21)12-15-13(24-16-12)7-3-8(18(22)23)11(20)9(19)4-7/h1-5,19-20H. The van der Waals surface area contributed by atoms with Crippen LogP contribution in [-0.2, 0) is 0 Å². The lowest BCUT2D eigenvalue weighted by molar-refractivity contribution is -0.602. The first-order valence-electron chi connectivity index (χ1n) is 6.30. The van der Waals surface area contributed by atoms with Crippen LogP contribution in [0.4, 0.5) is 5.69 Å². The summed E-state index contributed by atoms with van der Waals surface area (Å²) in [4.78, 5) is 14.0. The number of hydrogen-bond donors (Lipinski definition) is 2. The number of rotatable bonds is 3. The SMILES string of the molecule is O=[N+]([O-])c1cc(-c2nc(-c3cc[n+]([O-])c(Cl)c3)no2)cc(O)c1O. The molecule has 0 amide bonds. The van der Waals surface area contributed by atoms with E-state index in [2.05, 4.69) is 10.1 Å². The van der Waals surface area contributed by atoms with Gasteiger partial charge in [-0.15, -0.1) is 0 Å². The Balaban J connectivity index is 2.05. The van der Waals surface area contributed by atoms with Crippen LogP contribution < -0.4 is 4.73 Å². The van der Waals surface area contributed by atoms with E-state index >= 15 is 0 Å². The Morgan fingerprint density at radius 2 is 2.00 bits per heavy atom. The Morgan fingerprint density at radius 3 is 2.67 bits per heavy atom. The minimum Gasteiger partial charge on any atom is -0.618 e. The first-order valence-corrected chi connectivity index (χ1v) is 6.68. The van der Waals surface area contributed by atoms with Crippen LogP contribution in [0.1, 0.15) is 0 Å². The Bertz CT molecular complexity index is 958. The first-order chi connectivity index (χ1) is 11.4. The molecular weight excluding hydrogens is 344 g/mol. The predicted molar refractivity (Wildman–Crippen MR) is 79.1 cm³/mol. The van der Waals surface area contributed by atoms with Crippen molar-refractivity contribution in [1.29, 1.82) is 0 Å². The molecule has 0 saturated carbocycles. The second kappa shape index (κ2) is 5.66. The van der Waals surface area contributed by atoms with Gasteiger partial charge >= 0.3 is 5.69 Å². The lowest BCUT2D eigenvalue weighted by Crippen LogP contribution is -2.26. The smallest absolute Gasteiger partial charge is 0.315 e. The number of benzene rings is 1. The van der Waals surface area contributed by atoms with Crippen LogP contribution in [0.15, 0.2) is 35.0 Å². The van der Waals surface area contributed by atoms with E-state index in [-0.39, 0.29) is 22.4 Å². The van der Waals surface area contributed by atoms with Crippen LogP contribution in [0.2, 0.25) is 5.15 Å². The fourth-order valence-electron chi connectivity index (χ4n) is 1.92. The zero-order chi connectivity index (χ0) is 17.4. The van der Waals surface area contributed by atoms with Gasteiger partial charge in [-0.25, -0.2) is 0 Å². The van der Waals surface area contributed by atoms with Crippen molar-refractivity contribution in [2.45, 2.75) is 0 Å². The molecule has 0 atom stereocenters. The van der Waals surface area contributed by atoms with Crippen LogP contribution in [-0.4, -0.2) is 25.3 Å². The molecular formula is C13H7ClN4O6. The second-order valence-corrected chi connectivity index (χ2v) is 4.99. The molecule has 0 aliphatic heterocycles. The van der Waals surface area contributed by atoms with Crippen molar-refractivity contribution in [2.24, 2.45) is 0 Å². The molecule has 1 aromatic carbocycles. The third kappa shape index (κ3) is 2.65. The fourth-order valence-corrected chi connectivity index (χ4v) is 2.10. The molecule has 24 heavy (non-hydrogen) atoms. The van der Waals surface area contributed by atoms with Gasteiger partial charge in [0, 0.05) is 23.8 Å². The number of nitro groups is 1. The van der Waals surface area contributed by atoms with E-state index in [4.69, 9.17) is 16.1 Å². The molecule has 0 unspecified atom stereocenters. The lowest BCUT2D eigenvalue weighted by Gasteiger charge is -2.01. The maximum Gasteiger partial charge on any atom is 0.315 e. The van der Waals surface area contributed by atoms with Gasteiger partial charge in [0.15, 0.2) is 11.9 Å². The predicted octanol–water partition coefficient (Wildman–Crippen LogP) is 2.01. The maximum absolute atomic E-state index is 11.2. The Labute approximate surface area is 137 Å². The highest BCUT2D eigenvalue weighted by molar-refractivity contribution is 6.28. The van der Waals surface area contributed by atoms with Gasteiger partial charge in [-0.1, -0.05) is 5.16 Å². The molecule has 2 heterocycles. The third-order valence-corrected chi connectivity index (χ3v) is 3.35. The Hall–Kier alpha value is -3.40. The van der Waals surface area contributed by atoms with Crippen LogP contribution in [0.3, 0.4) is 0 Å². The molecule has 0 bridgehead atoms. The van der Waals surface area contributed by atoms with Gasteiger partial charge in [0.25, 0.3) is 11.0 Å². The summed E-state index contributed by atoms with van der Waals surface area (Å²) in [5.74, 6) is -1.60. The van der Waals surface area contributed by atoms with Gasteiger partial charge in [0.2, 0.25) is 11.6 Å². The summed E-state index contributed by atoms with van der Waals surface area (Å²) in [6.45, 7) is 0. The van der Waals surface area contributed by atoms with Gasteiger partial charge < -0.3 is 19.9 Å². The molecule has 2 aromatic heterocycles. The summed E-state index contributed by atoms with van der Waals surface area (Å²) in [5.41, 5.74) is -0.281. The Morgan fingerprint density at radius 1 is 1.25 bits per heavy atom. The van der Waals surface area contributed by atoms with Gasteiger partial charge in [-0.05, 0) is 17.7 Å². The van der Waals surface area contributed by atoms with Crippen molar-refractivity contribution < 1.29 is 24.4 Å². The van der Waals surface area contributed by atoms with Crippen molar-refractivity contribution in [3.8, 4) is 34.3 Å². The van der Waals surface area contributed by atoms with Crippen molar-refractivity contribution in [3.63, 3.8) is 0 Å². The molecule has 3 rings (SSSR count). The summed E-state index contributed by atoms with van der Waals surface area (Å²) in [6, 6.07) is 4.75. The number of nitro benzene ring substituents is 1.